The molecule has 3 nitrogen and oxygen atoms in total. The van der Waals surface area contributed by atoms with Gasteiger partial charge < -0.3 is 5.11 Å². The highest BCUT2D eigenvalue weighted by atomic mass is 35.5. The molecule has 3 rings (SSSR count). The predicted octanol–water partition coefficient (Wildman–Crippen LogP) is 3.66. The Morgan fingerprint density at radius 2 is 1.83 bits per heavy atom. The average Bonchev–Trinajstić information content (AvgIpc) is 2.44. The van der Waals surface area contributed by atoms with Crippen molar-refractivity contribution in [1.29, 1.82) is 0 Å². The molecule has 0 saturated carbocycles. The Balaban J connectivity index is 2.35. The quantitative estimate of drug-likeness (QED) is 0.723. The number of halogens is 1. The Kier molecular flexibility index (Phi) is 2.61. The van der Waals surface area contributed by atoms with Crippen molar-refractivity contribution in [3.63, 3.8) is 0 Å². The summed E-state index contributed by atoms with van der Waals surface area (Å²) in [6.45, 7) is 0. The molecular formula is C14H9ClN2O. The molecule has 0 bridgehead atoms. The number of rotatable bonds is 1. The lowest BCUT2D eigenvalue weighted by Gasteiger charge is -2.08. The van der Waals surface area contributed by atoms with Crippen molar-refractivity contribution in [2.75, 3.05) is 0 Å². The van der Waals surface area contributed by atoms with Crippen molar-refractivity contribution >= 4 is 22.5 Å². The van der Waals surface area contributed by atoms with Gasteiger partial charge in [-0.15, -0.1) is 5.10 Å². The van der Waals surface area contributed by atoms with E-state index in [4.69, 9.17) is 11.6 Å². The molecule has 0 aliphatic carbocycles. The van der Waals surface area contributed by atoms with Crippen LogP contribution in [0.1, 0.15) is 0 Å². The monoisotopic (exact) mass is 256 g/mol. The first-order chi connectivity index (χ1) is 8.77. The Hall–Kier alpha value is -2.13. The molecule has 0 aliphatic heterocycles. The highest BCUT2D eigenvalue weighted by Crippen LogP contribution is 2.38. The molecule has 0 atom stereocenters. The maximum absolute atomic E-state index is 10.3. The molecule has 4 heteroatoms. The standard InChI is InChI=1S/C14H9ClN2O/c15-12-8-11(9-4-2-1-3-5-9)14(18)13-10(12)6-7-16-17-13/h1-8,18H. The zero-order valence-electron chi connectivity index (χ0n) is 9.34. The predicted molar refractivity (Wildman–Crippen MR) is 71.6 cm³/mol. The van der Waals surface area contributed by atoms with Gasteiger partial charge >= 0.3 is 0 Å². The molecular weight excluding hydrogens is 248 g/mol. The van der Waals surface area contributed by atoms with Crippen molar-refractivity contribution in [3.05, 3.63) is 53.7 Å². The average molecular weight is 257 g/mol. The molecule has 0 radical (unpaired) electrons. The molecule has 2 aromatic carbocycles. The van der Waals surface area contributed by atoms with E-state index < -0.39 is 0 Å². The summed E-state index contributed by atoms with van der Waals surface area (Å²) in [5.74, 6) is 0.105. The van der Waals surface area contributed by atoms with E-state index in [1.165, 1.54) is 0 Å². The molecule has 88 valence electrons. The number of benzene rings is 2. The van der Waals surface area contributed by atoms with Gasteiger partial charge in [-0.1, -0.05) is 41.9 Å². The summed E-state index contributed by atoms with van der Waals surface area (Å²) in [5, 5.41) is 19.2. The topological polar surface area (TPSA) is 46.0 Å². The van der Waals surface area contributed by atoms with Crippen LogP contribution in [0.2, 0.25) is 5.02 Å². The van der Waals surface area contributed by atoms with Gasteiger partial charge in [-0.3, -0.25) is 0 Å². The zero-order chi connectivity index (χ0) is 12.5. The fourth-order valence-corrected chi connectivity index (χ4v) is 2.20. The fourth-order valence-electron chi connectivity index (χ4n) is 1.94. The van der Waals surface area contributed by atoms with Gasteiger partial charge in [-0.05, 0) is 17.7 Å². The highest BCUT2D eigenvalue weighted by Gasteiger charge is 2.12. The summed E-state index contributed by atoms with van der Waals surface area (Å²) in [7, 11) is 0. The van der Waals surface area contributed by atoms with Crippen molar-refractivity contribution < 1.29 is 5.11 Å². The summed E-state index contributed by atoms with van der Waals surface area (Å²) in [5.41, 5.74) is 1.97. The highest BCUT2D eigenvalue weighted by molar-refractivity contribution is 6.36. The van der Waals surface area contributed by atoms with Crippen LogP contribution in [0, 0.1) is 0 Å². The summed E-state index contributed by atoms with van der Waals surface area (Å²) in [4.78, 5) is 0. The fraction of sp³-hybridized carbons (Fsp3) is 0. The second kappa shape index (κ2) is 4.27. The lowest BCUT2D eigenvalue weighted by molar-refractivity contribution is 0.482. The van der Waals surface area contributed by atoms with E-state index in [1.54, 1.807) is 18.3 Å². The van der Waals surface area contributed by atoms with E-state index in [9.17, 15) is 5.11 Å². The Morgan fingerprint density at radius 1 is 1.06 bits per heavy atom. The van der Waals surface area contributed by atoms with Crippen molar-refractivity contribution in [1.82, 2.24) is 10.2 Å². The van der Waals surface area contributed by atoms with Gasteiger partial charge in [0.15, 0.2) is 5.75 Å². The van der Waals surface area contributed by atoms with Gasteiger partial charge in [0.05, 0.1) is 11.2 Å². The molecule has 0 amide bonds. The smallest absolute Gasteiger partial charge is 0.151 e. The molecule has 1 N–H and O–H groups in total. The summed E-state index contributed by atoms with van der Waals surface area (Å²) < 4.78 is 0. The zero-order valence-corrected chi connectivity index (χ0v) is 10.1. The second-order valence-electron chi connectivity index (χ2n) is 3.91. The maximum Gasteiger partial charge on any atom is 0.151 e. The van der Waals surface area contributed by atoms with Crippen molar-refractivity contribution in [2.45, 2.75) is 0 Å². The number of hydrogen-bond donors (Lipinski definition) is 1. The number of nitrogens with zero attached hydrogens (tertiary/aromatic N) is 2. The van der Waals surface area contributed by atoms with Crippen LogP contribution in [0.4, 0.5) is 0 Å². The van der Waals surface area contributed by atoms with Gasteiger partial charge in [0.25, 0.3) is 0 Å². The third-order valence-corrected chi connectivity index (χ3v) is 3.13. The van der Waals surface area contributed by atoms with Crippen LogP contribution >= 0.6 is 11.6 Å². The van der Waals surface area contributed by atoms with Crippen molar-refractivity contribution in [3.8, 4) is 16.9 Å². The first-order valence-corrected chi connectivity index (χ1v) is 5.83. The number of aromatic hydroxyl groups is 1. The third-order valence-electron chi connectivity index (χ3n) is 2.81. The van der Waals surface area contributed by atoms with Crippen LogP contribution < -0.4 is 0 Å². The summed E-state index contributed by atoms with van der Waals surface area (Å²) in [6, 6.07) is 13.0. The normalized spacial score (nSPS) is 10.7. The second-order valence-corrected chi connectivity index (χ2v) is 4.32. The van der Waals surface area contributed by atoms with E-state index in [1.807, 2.05) is 30.3 Å². The minimum Gasteiger partial charge on any atom is -0.505 e. The van der Waals surface area contributed by atoms with Crippen molar-refractivity contribution in [2.24, 2.45) is 0 Å². The minimum absolute atomic E-state index is 0.105. The SMILES string of the molecule is Oc1c(-c2ccccc2)cc(Cl)c2ccnnc12. The van der Waals surface area contributed by atoms with Crippen LogP contribution in [-0.2, 0) is 0 Å². The van der Waals surface area contributed by atoms with Crippen LogP contribution in [0.3, 0.4) is 0 Å². The number of phenols is 1. The maximum atomic E-state index is 10.3. The molecule has 0 fully saturated rings. The van der Waals surface area contributed by atoms with Crippen LogP contribution in [0.5, 0.6) is 5.75 Å². The van der Waals surface area contributed by atoms with E-state index >= 15 is 0 Å². The van der Waals surface area contributed by atoms with Gasteiger partial charge in [-0.2, -0.15) is 5.10 Å². The third kappa shape index (κ3) is 1.69. The van der Waals surface area contributed by atoms with E-state index in [2.05, 4.69) is 10.2 Å². The molecule has 3 aromatic rings. The first-order valence-electron chi connectivity index (χ1n) is 5.45. The Bertz CT molecular complexity index is 714. The minimum atomic E-state index is 0.105. The van der Waals surface area contributed by atoms with Gasteiger partial charge in [-0.25, -0.2) is 0 Å². The summed E-state index contributed by atoms with van der Waals surface area (Å²) in [6.07, 6.45) is 1.55. The number of hydrogen-bond acceptors (Lipinski definition) is 3. The Morgan fingerprint density at radius 3 is 2.61 bits per heavy atom. The van der Waals surface area contributed by atoms with Gasteiger partial charge in [0.1, 0.15) is 5.52 Å². The summed E-state index contributed by atoms with van der Waals surface area (Å²) >= 11 is 6.21. The van der Waals surface area contributed by atoms with Gasteiger partial charge in [0.2, 0.25) is 0 Å². The molecule has 0 aliphatic rings. The molecule has 0 saturated heterocycles. The number of fused-ring (bicyclic) bond motifs is 1. The molecule has 1 aromatic heterocycles. The number of phenolic OH excluding ortho intramolecular Hbond substituents is 1. The van der Waals surface area contributed by atoms with E-state index in [0.29, 0.717) is 21.5 Å². The van der Waals surface area contributed by atoms with Gasteiger partial charge in [0, 0.05) is 10.9 Å². The largest absolute Gasteiger partial charge is 0.505 e. The molecule has 1 heterocycles. The van der Waals surface area contributed by atoms with E-state index in [0.717, 1.165) is 5.56 Å². The lowest BCUT2D eigenvalue weighted by Crippen LogP contribution is -1.87. The van der Waals surface area contributed by atoms with Crippen LogP contribution in [0.15, 0.2) is 48.7 Å². The molecule has 0 unspecified atom stereocenters. The molecule has 18 heavy (non-hydrogen) atoms. The lowest BCUT2D eigenvalue weighted by atomic mass is 10.0. The first kappa shape index (κ1) is 11.0. The van der Waals surface area contributed by atoms with E-state index in [-0.39, 0.29) is 5.75 Å². The number of aromatic nitrogens is 2. The molecule has 0 spiro atoms. The van der Waals surface area contributed by atoms with Crippen LogP contribution in [-0.4, -0.2) is 15.3 Å². The Labute approximate surface area is 109 Å². The van der Waals surface area contributed by atoms with Crippen LogP contribution in [0.25, 0.3) is 22.0 Å².